The zero-order chi connectivity index (χ0) is 15.1. The van der Waals surface area contributed by atoms with E-state index in [0.717, 1.165) is 16.9 Å². The molecule has 0 aliphatic heterocycles. The van der Waals surface area contributed by atoms with Gasteiger partial charge in [-0.2, -0.15) is 18.3 Å². The molecule has 9 heteroatoms. The third-order valence-corrected chi connectivity index (χ3v) is 2.95. The van der Waals surface area contributed by atoms with Gasteiger partial charge < -0.3 is 10.8 Å². The largest absolute Gasteiger partial charge is 0.476 e. The molecule has 2 aromatic rings. The van der Waals surface area contributed by atoms with Crippen molar-refractivity contribution in [2.75, 3.05) is 5.73 Å². The Morgan fingerprint density at radius 3 is 2.55 bits per heavy atom. The maximum Gasteiger partial charge on any atom is 0.418 e. The molecule has 5 nitrogen and oxygen atoms in total. The molecule has 0 radical (unpaired) electrons. The van der Waals surface area contributed by atoms with Gasteiger partial charge in [0.05, 0.1) is 23.1 Å². The Balaban J connectivity index is 2.64. The Morgan fingerprint density at radius 2 is 2.05 bits per heavy atom. The molecule has 0 aliphatic rings. The van der Waals surface area contributed by atoms with Gasteiger partial charge in [0.15, 0.2) is 5.69 Å². The van der Waals surface area contributed by atoms with E-state index in [1.807, 2.05) is 0 Å². The van der Waals surface area contributed by atoms with Crippen molar-refractivity contribution in [3.8, 4) is 5.69 Å². The lowest BCUT2D eigenvalue weighted by Crippen LogP contribution is -2.11. The van der Waals surface area contributed by atoms with Crippen LogP contribution in [0.2, 0.25) is 0 Å². The Morgan fingerprint density at radius 1 is 1.40 bits per heavy atom. The van der Waals surface area contributed by atoms with Crippen LogP contribution in [0, 0.1) is 0 Å². The molecular formula is C11H7BrF3N3O2. The van der Waals surface area contributed by atoms with Crippen LogP contribution in [0.1, 0.15) is 16.1 Å². The Bertz CT molecular complexity index is 682. The van der Waals surface area contributed by atoms with Crippen molar-refractivity contribution in [2.45, 2.75) is 6.18 Å². The van der Waals surface area contributed by atoms with Gasteiger partial charge in [-0.3, -0.25) is 0 Å². The van der Waals surface area contributed by atoms with Gasteiger partial charge in [-0.05, 0) is 18.2 Å². The van der Waals surface area contributed by atoms with Crippen LogP contribution >= 0.6 is 15.9 Å². The van der Waals surface area contributed by atoms with Gasteiger partial charge in [0.1, 0.15) is 0 Å². The summed E-state index contributed by atoms with van der Waals surface area (Å²) in [5.41, 5.74) is 3.44. The number of aromatic carboxylic acids is 1. The molecule has 0 saturated heterocycles. The number of nitrogens with two attached hydrogens (primary N) is 1. The molecule has 0 fully saturated rings. The molecular weight excluding hydrogens is 343 g/mol. The first-order valence-electron chi connectivity index (χ1n) is 5.15. The summed E-state index contributed by atoms with van der Waals surface area (Å²) in [6, 6.07) is 3.45. The molecule has 0 atom stereocenters. The molecule has 0 aliphatic carbocycles. The van der Waals surface area contributed by atoms with E-state index >= 15 is 0 Å². The van der Waals surface area contributed by atoms with E-state index < -0.39 is 23.4 Å². The normalized spacial score (nSPS) is 11.6. The number of rotatable bonds is 2. The van der Waals surface area contributed by atoms with E-state index in [0.29, 0.717) is 0 Å². The topological polar surface area (TPSA) is 81.1 Å². The quantitative estimate of drug-likeness (QED) is 0.873. The minimum Gasteiger partial charge on any atom is -0.476 e. The Labute approximate surface area is 118 Å². The van der Waals surface area contributed by atoms with Crippen LogP contribution in [-0.2, 0) is 6.18 Å². The summed E-state index contributed by atoms with van der Waals surface area (Å²) in [4.78, 5) is 10.8. The molecule has 0 spiro atoms. The second-order valence-electron chi connectivity index (χ2n) is 3.84. The van der Waals surface area contributed by atoms with Gasteiger partial charge in [0.2, 0.25) is 0 Å². The number of anilines is 1. The van der Waals surface area contributed by atoms with Crippen molar-refractivity contribution < 1.29 is 23.1 Å². The van der Waals surface area contributed by atoms with Gasteiger partial charge in [0.25, 0.3) is 0 Å². The summed E-state index contributed by atoms with van der Waals surface area (Å²) < 4.78 is 40.0. The molecule has 2 rings (SSSR count). The zero-order valence-electron chi connectivity index (χ0n) is 9.65. The van der Waals surface area contributed by atoms with Crippen molar-refractivity contribution in [3.63, 3.8) is 0 Å². The number of carboxylic acid groups (broad SMARTS) is 1. The average molecular weight is 350 g/mol. The average Bonchev–Trinajstić information content (AvgIpc) is 2.70. The number of benzene rings is 1. The fourth-order valence-corrected chi connectivity index (χ4v) is 1.97. The number of alkyl halides is 3. The van der Waals surface area contributed by atoms with Crippen molar-refractivity contribution in [3.05, 3.63) is 40.1 Å². The highest BCUT2D eigenvalue weighted by atomic mass is 79.9. The van der Waals surface area contributed by atoms with E-state index in [-0.39, 0.29) is 15.8 Å². The van der Waals surface area contributed by atoms with Crippen LogP contribution in [0.5, 0.6) is 0 Å². The van der Waals surface area contributed by atoms with E-state index in [1.54, 1.807) is 0 Å². The van der Waals surface area contributed by atoms with Crippen molar-refractivity contribution in [1.29, 1.82) is 0 Å². The lowest BCUT2D eigenvalue weighted by molar-refractivity contribution is -0.137. The monoisotopic (exact) mass is 349 g/mol. The third kappa shape index (κ3) is 2.62. The fraction of sp³-hybridized carbons (Fsp3) is 0.0909. The van der Waals surface area contributed by atoms with Crippen molar-refractivity contribution in [1.82, 2.24) is 9.78 Å². The fourth-order valence-electron chi connectivity index (χ4n) is 1.61. The predicted octanol–water partition coefficient (Wildman–Crippen LogP) is 2.93. The van der Waals surface area contributed by atoms with Crippen LogP contribution in [0.3, 0.4) is 0 Å². The van der Waals surface area contributed by atoms with Gasteiger partial charge in [-0.1, -0.05) is 15.9 Å². The first kappa shape index (κ1) is 14.4. The van der Waals surface area contributed by atoms with Crippen LogP contribution in [0.4, 0.5) is 18.9 Å². The summed E-state index contributed by atoms with van der Waals surface area (Å²) >= 11 is 2.96. The number of halogens is 4. The summed E-state index contributed by atoms with van der Waals surface area (Å²) in [6.45, 7) is 0. The highest BCUT2D eigenvalue weighted by Gasteiger charge is 2.34. The van der Waals surface area contributed by atoms with Gasteiger partial charge in [0, 0.05) is 4.47 Å². The summed E-state index contributed by atoms with van der Waals surface area (Å²) in [5.74, 6) is -1.41. The highest BCUT2D eigenvalue weighted by molar-refractivity contribution is 9.10. The van der Waals surface area contributed by atoms with Gasteiger partial charge in [-0.15, -0.1) is 0 Å². The van der Waals surface area contributed by atoms with E-state index in [9.17, 15) is 18.0 Å². The highest BCUT2D eigenvalue weighted by Crippen LogP contribution is 2.35. The van der Waals surface area contributed by atoms with Crippen LogP contribution in [0.15, 0.2) is 28.9 Å². The number of hydrogen-bond acceptors (Lipinski definition) is 3. The number of aromatic nitrogens is 2. The maximum atomic E-state index is 13.0. The number of hydrogen-bond donors (Lipinski definition) is 2. The number of nitrogens with zero attached hydrogens (tertiary/aromatic N) is 2. The van der Waals surface area contributed by atoms with E-state index in [4.69, 9.17) is 10.8 Å². The molecule has 0 bridgehead atoms. The molecule has 20 heavy (non-hydrogen) atoms. The van der Waals surface area contributed by atoms with Gasteiger partial charge in [-0.25, -0.2) is 9.48 Å². The molecule has 3 N–H and O–H groups in total. The molecule has 0 unspecified atom stereocenters. The number of carbonyl (C=O) groups is 1. The number of carboxylic acids is 1. The standard InChI is InChI=1S/C11H7BrF3N3O2/c12-5-1-2-8(6(3-5)11(13,14)15)18-4-7(16)9(17-18)10(19)20/h1-4H,16H2,(H,19,20). The first-order valence-corrected chi connectivity index (χ1v) is 5.95. The third-order valence-electron chi connectivity index (χ3n) is 2.46. The lowest BCUT2D eigenvalue weighted by atomic mass is 10.1. The van der Waals surface area contributed by atoms with Crippen LogP contribution in [-0.4, -0.2) is 20.9 Å². The van der Waals surface area contributed by atoms with E-state index in [1.165, 1.54) is 12.1 Å². The second kappa shape index (κ2) is 4.82. The molecule has 1 heterocycles. The maximum absolute atomic E-state index is 13.0. The smallest absolute Gasteiger partial charge is 0.418 e. The van der Waals surface area contributed by atoms with Crippen LogP contribution in [0.25, 0.3) is 5.69 Å². The number of nitrogen functional groups attached to an aromatic ring is 1. The van der Waals surface area contributed by atoms with Gasteiger partial charge >= 0.3 is 12.1 Å². The second-order valence-corrected chi connectivity index (χ2v) is 4.76. The molecule has 106 valence electrons. The lowest BCUT2D eigenvalue weighted by Gasteiger charge is -2.13. The predicted molar refractivity (Wildman–Crippen MR) is 67.6 cm³/mol. The summed E-state index contributed by atoms with van der Waals surface area (Å²) in [7, 11) is 0. The van der Waals surface area contributed by atoms with Crippen molar-refractivity contribution >= 4 is 27.6 Å². The SMILES string of the molecule is Nc1cn(-c2ccc(Br)cc2C(F)(F)F)nc1C(=O)O. The van der Waals surface area contributed by atoms with E-state index in [2.05, 4.69) is 21.0 Å². The molecule has 1 aromatic carbocycles. The zero-order valence-corrected chi connectivity index (χ0v) is 11.2. The Hall–Kier alpha value is -2.03. The summed E-state index contributed by atoms with van der Waals surface area (Å²) in [5, 5.41) is 12.4. The molecule has 0 amide bonds. The molecule has 1 aromatic heterocycles. The van der Waals surface area contributed by atoms with Crippen molar-refractivity contribution in [2.24, 2.45) is 0 Å². The van der Waals surface area contributed by atoms with Crippen LogP contribution < -0.4 is 5.73 Å². The minimum absolute atomic E-state index is 0.214. The Kier molecular flexibility index (Phi) is 3.46. The molecule has 0 saturated carbocycles. The minimum atomic E-state index is -4.61. The summed E-state index contributed by atoms with van der Waals surface area (Å²) in [6.07, 6.45) is -3.58. The first-order chi connectivity index (χ1) is 9.20.